The summed E-state index contributed by atoms with van der Waals surface area (Å²) in [7, 11) is 0. The molecule has 0 aromatic carbocycles. The summed E-state index contributed by atoms with van der Waals surface area (Å²) in [5, 5.41) is 3.53. The molecule has 0 spiro atoms. The minimum atomic E-state index is 0.605. The van der Waals surface area contributed by atoms with Crippen LogP contribution >= 0.6 is 15.9 Å². The van der Waals surface area contributed by atoms with Crippen molar-refractivity contribution in [1.82, 2.24) is 5.32 Å². The molecule has 2 nitrogen and oxygen atoms in total. The van der Waals surface area contributed by atoms with Crippen molar-refractivity contribution in [3.05, 3.63) is 22.6 Å². The van der Waals surface area contributed by atoms with Gasteiger partial charge in [-0.2, -0.15) is 0 Å². The average molecular weight is 286 g/mol. The number of hydrogen-bond acceptors (Lipinski definition) is 2. The van der Waals surface area contributed by atoms with Crippen LogP contribution in [0.2, 0.25) is 0 Å². The van der Waals surface area contributed by atoms with Gasteiger partial charge in [-0.3, -0.25) is 0 Å². The highest BCUT2D eigenvalue weighted by Crippen LogP contribution is 2.42. The summed E-state index contributed by atoms with van der Waals surface area (Å²) >= 11 is 3.57. The molecule has 2 rings (SSSR count). The SMILES string of the molecule is CCCNCC1CCCC1c1occc1Br. The van der Waals surface area contributed by atoms with E-state index in [-0.39, 0.29) is 0 Å². The summed E-state index contributed by atoms with van der Waals surface area (Å²) in [4.78, 5) is 0. The van der Waals surface area contributed by atoms with E-state index in [1.807, 2.05) is 6.07 Å². The molecular formula is C13H20BrNO. The van der Waals surface area contributed by atoms with Crippen LogP contribution in [-0.2, 0) is 0 Å². The Kier molecular flexibility index (Phi) is 4.47. The third-order valence-electron chi connectivity index (χ3n) is 3.47. The molecule has 0 amide bonds. The Morgan fingerprint density at radius 2 is 2.38 bits per heavy atom. The molecule has 1 fully saturated rings. The van der Waals surface area contributed by atoms with Gasteiger partial charge in [0.15, 0.2) is 0 Å². The van der Waals surface area contributed by atoms with E-state index < -0.39 is 0 Å². The van der Waals surface area contributed by atoms with Crippen molar-refractivity contribution >= 4 is 15.9 Å². The van der Waals surface area contributed by atoms with Gasteiger partial charge in [0.2, 0.25) is 0 Å². The van der Waals surface area contributed by atoms with Crippen LogP contribution in [0.3, 0.4) is 0 Å². The van der Waals surface area contributed by atoms with Gasteiger partial charge in [0, 0.05) is 5.92 Å². The lowest BCUT2D eigenvalue weighted by atomic mass is 9.93. The minimum Gasteiger partial charge on any atom is -0.468 e. The first kappa shape index (κ1) is 12.2. The maximum Gasteiger partial charge on any atom is 0.121 e. The summed E-state index contributed by atoms with van der Waals surface area (Å²) in [6.45, 7) is 4.47. The molecule has 0 radical (unpaired) electrons. The lowest BCUT2D eigenvalue weighted by molar-refractivity contribution is 0.379. The Balaban J connectivity index is 1.95. The van der Waals surface area contributed by atoms with Gasteiger partial charge in [0.05, 0.1) is 10.7 Å². The summed E-state index contributed by atoms with van der Waals surface area (Å²) < 4.78 is 6.75. The van der Waals surface area contributed by atoms with Crippen molar-refractivity contribution in [1.29, 1.82) is 0 Å². The lowest BCUT2D eigenvalue weighted by Crippen LogP contribution is -2.25. The van der Waals surface area contributed by atoms with Gasteiger partial charge >= 0.3 is 0 Å². The molecular weight excluding hydrogens is 266 g/mol. The zero-order chi connectivity index (χ0) is 11.4. The van der Waals surface area contributed by atoms with Gasteiger partial charge in [-0.15, -0.1) is 0 Å². The first-order chi connectivity index (χ1) is 7.83. The molecule has 1 aliphatic rings. The highest BCUT2D eigenvalue weighted by molar-refractivity contribution is 9.10. The predicted octanol–water partition coefficient (Wildman–Crippen LogP) is 3.93. The Labute approximate surface area is 106 Å². The summed E-state index contributed by atoms with van der Waals surface area (Å²) in [5.41, 5.74) is 0. The average Bonchev–Trinajstić information content (AvgIpc) is 2.87. The van der Waals surface area contributed by atoms with Gasteiger partial charge in [0.25, 0.3) is 0 Å². The van der Waals surface area contributed by atoms with Crippen molar-refractivity contribution in [3.63, 3.8) is 0 Å². The molecule has 1 heterocycles. The second-order valence-corrected chi connectivity index (χ2v) is 5.49. The van der Waals surface area contributed by atoms with Crippen LogP contribution in [0.4, 0.5) is 0 Å². The molecule has 1 saturated carbocycles. The van der Waals surface area contributed by atoms with Crippen LogP contribution in [0, 0.1) is 5.92 Å². The van der Waals surface area contributed by atoms with Gasteiger partial charge in [-0.05, 0) is 60.3 Å². The van der Waals surface area contributed by atoms with Crippen LogP contribution in [0.5, 0.6) is 0 Å². The van der Waals surface area contributed by atoms with E-state index in [4.69, 9.17) is 4.42 Å². The zero-order valence-electron chi connectivity index (χ0n) is 9.84. The molecule has 1 aromatic rings. The van der Waals surface area contributed by atoms with Crippen LogP contribution in [-0.4, -0.2) is 13.1 Å². The number of halogens is 1. The topological polar surface area (TPSA) is 25.2 Å². The molecule has 2 unspecified atom stereocenters. The maximum absolute atomic E-state index is 5.61. The van der Waals surface area contributed by atoms with Crippen molar-refractivity contribution in [3.8, 4) is 0 Å². The van der Waals surface area contributed by atoms with Crippen molar-refractivity contribution in [2.45, 2.75) is 38.5 Å². The van der Waals surface area contributed by atoms with E-state index in [1.54, 1.807) is 6.26 Å². The van der Waals surface area contributed by atoms with Crippen molar-refractivity contribution in [2.75, 3.05) is 13.1 Å². The van der Waals surface area contributed by atoms with Crippen LogP contribution < -0.4 is 5.32 Å². The van der Waals surface area contributed by atoms with Crippen LogP contribution in [0.25, 0.3) is 0 Å². The van der Waals surface area contributed by atoms with Gasteiger partial charge in [0.1, 0.15) is 5.76 Å². The number of nitrogens with one attached hydrogen (secondary N) is 1. The largest absolute Gasteiger partial charge is 0.468 e. The van der Waals surface area contributed by atoms with E-state index in [9.17, 15) is 0 Å². The summed E-state index contributed by atoms with van der Waals surface area (Å²) in [5.74, 6) is 2.50. The monoisotopic (exact) mass is 285 g/mol. The smallest absolute Gasteiger partial charge is 0.121 e. The van der Waals surface area contributed by atoms with E-state index in [1.165, 1.54) is 25.7 Å². The molecule has 0 aliphatic heterocycles. The molecule has 0 bridgehead atoms. The number of hydrogen-bond donors (Lipinski definition) is 1. The van der Waals surface area contributed by atoms with Gasteiger partial charge < -0.3 is 9.73 Å². The first-order valence-corrected chi connectivity index (χ1v) is 7.05. The van der Waals surface area contributed by atoms with E-state index in [2.05, 4.69) is 28.2 Å². The quantitative estimate of drug-likeness (QED) is 0.830. The van der Waals surface area contributed by atoms with E-state index >= 15 is 0 Å². The standard InChI is InChI=1S/C13H20BrNO/c1-2-7-15-9-10-4-3-5-11(10)13-12(14)6-8-16-13/h6,8,10-11,15H,2-5,7,9H2,1H3. The van der Waals surface area contributed by atoms with E-state index in [0.717, 1.165) is 29.2 Å². The zero-order valence-corrected chi connectivity index (χ0v) is 11.4. The molecule has 0 saturated heterocycles. The molecule has 2 atom stereocenters. The van der Waals surface area contributed by atoms with Gasteiger partial charge in [-0.25, -0.2) is 0 Å². The molecule has 1 aliphatic carbocycles. The van der Waals surface area contributed by atoms with Crippen molar-refractivity contribution in [2.24, 2.45) is 5.92 Å². The Morgan fingerprint density at radius 3 is 3.06 bits per heavy atom. The third kappa shape index (κ3) is 2.69. The fraction of sp³-hybridized carbons (Fsp3) is 0.692. The van der Waals surface area contributed by atoms with Gasteiger partial charge in [-0.1, -0.05) is 13.3 Å². The molecule has 16 heavy (non-hydrogen) atoms. The highest BCUT2D eigenvalue weighted by Gasteiger charge is 2.31. The predicted molar refractivity (Wildman–Crippen MR) is 69.7 cm³/mol. The third-order valence-corrected chi connectivity index (χ3v) is 4.13. The number of furan rings is 1. The maximum atomic E-state index is 5.61. The Hall–Kier alpha value is -0.280. The fourth-order valence-electron chi connectivity index (χ4n) is 2.66. The van der Waals surface area contributed by atoms with Crippen LogP contribution in [0.15, 0.2) is 21.2 Å². The summed E-state index contributed by atoms with van der Waals surface area (Å²) in [6, 6.07) is 2.00. The van der Waals surface area contributed by atoms with Crippen molar-refractivity contribution < 1.29 is 4.42 Å². The first-order valence-electron chi connectivity index (χ1n) is 6.26. The van der Waals surface area contributed by atoms with E-state index in [0.29, 0.717) is 5.92 Å². The molecule has 1 aromatic heterocycles. The molecule has 3 heteroatoms. The fourth-order valence-corrected chi connectivity index (χ4v) is 3.16. The Bertz CT molecular complexity index is 323. The second-order valence-electron chi connectivity index (χ2n) is 4.63. The number of rotatable bonds is 5. The minimum absolute atomic E-state index is 0.605. The second kappa shape index (κ2) is 5.87. The lowest BCUT2D eigenvalue weighted by Gasteiger charge is -2.18. The summed E-state index contributed by atoms with van der Waals surface area (Å²) in [6.07, 6.45) is 6.92. The Morgan fingerprint density at radius 1 is 1.50 bits per heavy atom. The molecule has 90 valence electrons. The van der Waals surface area contributed by atoms with Crippen LogP contribution in [0.1, 0.15) is 44.3 Å². The highest BCUT2D eigenvalue weighted by atomic mass is 79.9. The molecule has 1 N–H and O–H groups in total. The normalized spacial score (nSPS) is 25.1.